The van der Waals surface area contributed by atoms with Crippen LogP contribution < -0.4 is 5.32 Å². The second-order valence-corrected chi connectivity index (χ2v) is 6.85. The molecule has 0 bridgehead atoms. The topological polar surface area (TPSA) is 15.3 Å². The SMILES string of the molecule is CCNC(CCN(C)C(C)CCSC)c1ccccc1C. The lowest BCUT2D eigenvalue weighted by Gasteiger charge is -2.28. The van der Waals surface area contributed by atoms with Gasteiger partial charge in [-0.1, -0.05) is 31.2 Å². The van der Waals surface area contributed by atoms with Crippen molar-refractivity contribution in [3.8, 4) is 0 Å². The first-order valence-corrected chi connectivity index (χ1v) is 9.47. The Morgan fingerprint density at radius 2 is 1.95 bits per heavy atom. The molecule has 120 valence electrons. The van der Waals surface area contributed by atoms with Gasteiger partial charge in [-0.15, -0.1) is 0 Å². The molecule has 0 radical (unpaired) electrons. The largest absolute Gasteiger partial charge is 0.310 e. The van der Waals surface area contributed by atoms with E-state index in [1.165, 1.54) is 29.7 Å². The molecule has 21 heavy (non-hydrogen) atoms. The summed E-state index contributed by atoms with van der Waals surface area (Å²) < 4.78 is 0. The molecule has 0 aliphatic heterocycles. The molecule has 2 unspecified atom stereocenters. The number of nitrogens with one attached hydrogen (secondary N) is 1. The van der Waals surface area contributed by atoms with Gasteiger partial charge in [0.15, 0.2) is 0 Å². The summed E-state index contributed by atoms with van der Waals surface area (Å²) in [6.45, 7) is 8.90. The van der Waals surface area contributed by atoms with E-state index in [4.69, 9.17) is 0 Å². The third-order valence-electron chi connectivity index (χ3n) is 4.28. The smallest absolute Gasteiger partial charge is 0.0334 e. The highest BCUT2D eigenvalue weighted by atomic mass is 32.2. The fourth-order valence-corrected chi connectivity index (χ4v) is 3.23. The fourth-order valence-electron chi connectivity index (χ4n) is 2.65. The minimum atomic E-state index is 0.464. The van der Waals surface area contributed by atoms with Crippen LogP contribution in [0.3, 0.4) is 0 Å². The molecule has 2 nitrogen and oxygen atoms in total. The first-order valence-electron chi connectivity index (χ1n) is 8.08. The van der Waals surface area contributed by atoms with Crippen LogP contribution in [0.5, 0.6) is 0 Å². The Hall–Kier alpha value is -0.510. The number of rotatable bonds is 10. The van der Waals surface area contributed by atoms with Crippen molar-refractivity contribution in [1.82, 2.24) is 10.2 Å². The summed E-state index contributed by atoms with van der Waals surface area (Å²) in [5, 5.41) is 3.65. The normalized spacial score (nSPS) is 14.4. The van der Waals surface area contributed by atoms with Crippen molar-refractivity contribution in [2.45, 2.75) is 45.7 Å². The summed E-state index contributed by atoms with van der Waals surface area (Å²) in [4.78, 5) is 2.50. The van der Waals surface area contributed by atoms with Crippen molar-refractivity contribution >= 4 is 11.8 Å². The average Bonchev–Trinajstić information content (AvgIpc) is 2.49. The van der Waals surface area contributed by atoms with Crippen molar-refractivity contribution in [2.75, 3.05) is 32.1 Å². The van der Waals surface area contributed by atoms with E-state index in [-0.39, 0.29) is 0 Å². The number of nitrogens with zero attached hydrogens (tertiary/aromatic N) is 1. The molecule has 0 saturated heterocycles. The Bertz CT molecular complexity index is 395. The lowest BCUT2D eigenvalue weighted by molar-refractivity contribution is 0.239. The highest BCUT2D eigenvalue weighted by Crippen LogP contribution is 2.21. The third kappa shape index (κ3) is 6.41. The molecule has 0 fully saturated rings. The van der Waals surface area contributed by atoms with Crippen molar-refractivity contribution in [2.24, 2.45) is 0 Å². The van der Waals surface area contributed by atoms with Gasteiger partial charge in [0.25, 0.3) is 0 Å². The van der Waals surface area contributed by atoms with Gasteiger partial charge < -0.3 is 10.2 Å². The molecule has 1 aromatic rings. The first-order chi connectivity index (χ1) is 10.1. The summed E-state index contributed by atoms with van der Waals surface area (Å²) in [7, 11) is 2.26. The molecule has 0 heterocycles. The third-order valence-corrected chi connectivity index (χ3v) is 4.92. The van der Waals surface area contributed by atoms with Crippen LogP contribution in [0.2, 0.25) is 0 Å². The van der Waals surface area contributed by atoms with Crippen molar-refractivity contribution in [3.05, 3.63) is 35.4 Å². The summed E-state index contributed by atoms with van der Waals surface area (Å²) in [6.07, 6.45) is 4.62. The zero-order valence-corrected chi connectivity index (χ0v) is 15.2. The molecule has 3 heteroatoms. The van der Waals surface area contributed by atoms with Gasteiger partial charge in [0.05, 0.1) is 0 Å². The lowest BCUT2D eigenvalue weighted by Crippen LogP contribution is -2.33. The van der Waals surface area contributed by atoms with Crippen LogP contribution in [-0.2, 0) is 0 Å². The summed E-state index contributed by atoms with van der Waals surface area (Å²) >= 11 is 1.94. The average molecular weight is 309 g/mol. The molecular formula is C18H32N2S. The number of hydrogen-bond donors (Lipinski definition) is 1. The van der Waals surface area contributed by atoms with Gasteiger partial charge in [-0.25, -0.2) is 0 Å². The van der Waals surface area contributed by atoms with Gasteiger partial charge in [-0.3, -0.25) is 0 Å². The van der Waals surface area contributed by atoms with Crippen LogP contribution in [0.25, 0.3) is 0 Å². The summed E-state index contributed by atoms with van der Waals surface area (Å²) in [5.41, 5.74) is 2.84. The van der Waals surface area contributed by atoms with E-state index >= 15 is 0 Å². The molecule has 1 aromatic carbocycles. The fraction of sp³-hybridized carbons (Fsp3) is 0.667. The maximum absolute atomic E-state index is 3.65. The summed E-state index contributed by atoms with van der Waals surface area (Å²) in [6, 6.07) is 9.88. The minimum absolute atomic E-state index is 0.464. The molecular weight excluding hydrogens is 276 g/mol. The van der Waals surface area contributed by atoms with E-state index in [2.05, 4.69) is 68.6 Å². The van der Waals surface area contributed by atoms with E-state index in [1.54, 1.807) is 0 Å². The molecule has 1 N–H and O–H groups in total. The van der Waals surface area contributed by atoms with Crippen molar-refractivity contribution in [1.29, 1.82) is 0 Å². The molecule has 0 aliphatic carbocycles. The molecule has 0 spiro atoms. The van der Waals surface area contributed by atoms with E-state index in [0.717, 1.165) is 13.1 Å². The quantitative estimate of drug-likeness (QED) is 0.700. The van der Waals surface area contributed by atoms with Crippen LogP contribution >= 0.6 is 11.8 Å². The van der Waals surface area contributed by atoms with Gasteiger partial charge in [-0.05, 0) is 70.0 Å². The van der Waals surface area contributed by atoms with Crippen LogP contribution in [0.4, 0.5) is 0 Å². The molecule has 0 amide bonds. The minimum Gasteiger partial charge on any atom is -0.310 e. The van der Waals surface area contributed by atoms with Crippen LogP contribution in [0.15, 0.2) is 24.3 Å². The Morgan fingerprint density at radius 3 is 2.57 bits per heavy atom. The molecule has 0 aromatic heterocycles. The number of hydrogen-bond acceptors (Lipinski definition) is 3. The van der Waals surface area contributed by atoms with Gasteiger partial charge in [0, 0.05) is 12.1 Å². The van der Waals surface area contributed by atoms with Crippen LogP contribution in [0, 0.1) is 6.92 Å². The monoisotopic (exact) mass is 308 g/mol. The highest BCUT2D eigenvalue weighted by molar-refractivity contribution is 7.98. The summed E-state index contributed by atoms with van der Waals surface area (Å²) in [5.74, 6) is 1.25. The standard InChI is InChI=1S/C18H32N2S/c1-6-19-18(17-10-8-7-9-15(17)2)11-13-20(4)16(3)12-14-21-5/h7-10,16,18-19H,6,11-14H2,1-5H3. The zero-order chi connectivity index (χ0) is 15.7. The van der Waals surface area contributed by atoms with Crippen molar-refractivity contribution in [3.63, 3.8) is 0 Å². The highest BCUT2D eigenvalue weighted by Gasteiger charge is 2.15. The zero-order valence-electron chi connectivity index (χ0n) is 14.4. The second-order valence-electron chi connectivity index (χ2n) is 5.87. The maximum Gasteiger partial charge on any atom is 0.0334 e. The molecule has 0 aliphatic rings. The van der Waals surface area contributed by atoms with Crippen LogP contribution in [-0.4, -0.2) is 43.1 Å². The number of benzene rings is 1. The van der Waals surface area contributed by atoms with Gasteiger partial charge in [-0.2, -0.15) is 11.8 Å². The Balaban J connectivity index is 2.57. The van der Waals surface area contributed by atoms with Crippen LogP contribution in [0.1, 0.15) is 43.9 Å². The first kappa shape index (κ1) is 18.5. The predicted octanol–water partition coefficient (Wildman–Crippen LogP) is 4.11. The molecule has 2 atom stereocenters. The number of aryl methyl sites for hydroxylation is 1. The number of thioether (sulfide) groups is 1. The van der Waals surface area contributed by atoms with Gasteiger partial charge >= 0.3 is 0 Å². The van der Waals surface area contributed by atoms with E-state index in [9.17, 15) is 0 Å². The van der Waals surface area contributed by atoms with Crippen molar-refractivity contribution < 1.29 is 0 Å². The Labute approximate surface area is 135 Å². The van der Waals surface area contributed by atoms with E-state index in [1.807, 2.05) is 11.8 Å². The molecule has 0 saturated carbocycles. The molecule has 1 rings (SSSR count). The lowest BCUT2D eigenvalue weighted by atomic mass is 9.98. The van der Waals surface area contributed by atoms with E-state index < -0.39 is 0 Å². The van der Waals surface area contributed by atoms with Gasteiger partial charge in [0.1, 0.15) is 0 Å². The van der Waals surface area contributed by atoms with Gasteiger partial charge in [0.2, 0.25) is 0 Å². The second kappa shape index (κ2) is 10.3. The maximum atomic E-state index is 3.65. The Kier molecular flexibility index (Phi) is 9.05. The van der Waals surface area contributed by atoms with E-state index in [0.29, 0.717) is 12.1 Å². The predicted molar refractivity (Wildman–Crippen MR) is 97.3 cm³/mol. The Morgan fingerprint density at radius 1 is 1.24 bits per heavy atom.